The van der Waals surface area contributed by atoms with E-state index in [1.54, 1.807) is 6.34 Å². The summed E-state index contributed by atoms with van der Waals surface area (Å²) in [6.45, 7) is 0. The summed E-state index contributed by atoms with van der Waals surface area (Å²) < 4.78 is 0. The molecule has 68 valence electrons. The van der Waals surface area contributed by atoms with Crippen molar-refractivity contribution in [3.63, 3.8) is 0 Å². The number of aliphatic imine (C=N–C) groups is 1. The first-order valence-electron chi connectivity index (χ1n) is 4.37. The lowest BCUT2D eigenvalue weighted by molar-refractivity contribution is 0.828. The van der Waals surface area contributed by atoms with Gasteiger partial charge in [0.15, 0.2) is 0 Å². The van der Waals surface area contributed by atoms with Crippen molar-refractivity contribution < 1.29 is 0 Å². The number of nitrogens with one attached hydrogen (secondary N) is 2. The molecule has 14 heavy (non-hydrogen) atoms. The molecule has 0 radical (unpaired) electrons. The Morgan fingerprint density at radius 1 is 1.14 bits per heavy atom. The van der Waals surface area contributed by atoms with Gasteiger partial charge in [-0.25, -0.2) is 9.98 Å². The predicted molar refractivity (Wildman–Crippen MR) is 53.5 cm³/mol. The zero-order chi connectivity index (χ0) is 9.38. The highest BCUT2D eigenvalue weighted by molar-refractivity contribution is 5.71. The first-order valence-corrected chi connectivity index (χ1v) is 4.37. The van der Waals surface area contributed by atoms with Gasteiger partial charge in [-0.3, -0.25) is 5.43 Å². The van der Waals surface area contributed by atoms with Crippen LogP contribution < -0.4 is 21.4 Å². The molecule has 0 bridgehead atoms. The maximum Gasteiger partial charge on any atom is 0.116 e. The molecule has 2 heterocycles. The summed E-state index contributed by atoms with van der Waals surface area (Å²) in [6, 6.07) is 7.95. The second-order valence-electron chi connectivity index (χ2n) is 3.06. The predicted octanol–water partition coefficient (Wildman–Crippen LogP) is -0.595. The largest absolute Gasteiger partial charge is 0.306 e. The van der Waals surface area contributed by atoms with E-state index in [0.717, 1.165) is 22.0 Å². The molecule has 2 N–H and O–H groups in total. The number of rotatable bonds is 0. The van der Waals surface area contributed by atoms with Crippen LogP contribution in [0.2, 0.25) is 0 Å². The maximum atomic E-state index is 4.25. The molecule has 3 rings (SSSR count). The third kappa shape index (κ3) is 0.939. The molecule has 0 fully saturated rings. The van der Waals surface area contributed by atoms with E-state index in [2.05, 4.69) is 20.8 Å². The molecule has 0 spiro atoms. The Kier molecular flexibility index (Phi) is 1.41. The summed E-state index contributed by atoms with van der Waals surface area (Å²) in [4.78, 5) is 8.46. The minimum Gasteiger partial charge on any atom is -0.306 e. The van der Waals surface area contributed by atoms with Gasteiger partial charge in [0.25, 0.3) is 0 Å². The first kappa shape index (κ1) is 7.32. The SMILES string of the molecule is C1=NC2=CNNC2=c2ccccc2=N1. The molecular formula is C10H8N4. The first-order chi connectivity index (χ1) is 6.95. The Balaban J connectivity index is 2.48. The van der Waals surface area contributed by atoms with Crippen molar-refractivity contribution in [2.45, 2.75) is 0 Å². The average molecular weight is 184 g/mol. The van der Waals surface area contributed by atoms with Gasteiger partial charge in [0, 0.05) is 11.4 Å². The monoisotopic (exact) mass is 184 g/mol. The Labute approximate surface area is 80.4 Å². The van der Waals surface area contributed by atoms with Crippen molar-refractivity contribution in [1.29, 1.82) is 0 Å². The Morgan fingerprint density at radius 3 is 3.07 bits per heavy atom. The Morgan fingerprint density at radius 2 is 2.07 bits per heavy atom. The van der Waals surface area contributed by atoms with Crippen LogP contribution in [0.15, 0.2) is 46.1 Å². The van der Waals surface area contributed by atoms with Crippen molar-refractivity contribution in [3.8, 4) is 0 Å². The van der Waals surface area contributed by atoms with Crippen molar-refractivity contribution in [3.05, 3.63) is 46.7 Å². The number of hydrogen-bond donors (Lipinski definition) is 2. The number of hydrogen-bond acceptors (Lipinski definition) is 4. The fourth-order valence-electron chi connectivity index (χ4n) is 1.57. The van der Waals surface area contributed by atoms with E-state index in [-0.39, 0.29) is 0 Å². The van der Waals surface area contributed by atoms with E-state index in [0.29, 0.717) is 0 Å². The Hall–Kier alpha value is -2.10. The lowest BCUT2D eigenvalue weighted by Crippen LogP contribution is -2.32. The van der Waals surface area contributed by atoms with E-state index in [4.69, 9.17) is 0 Å². The Bertz CT molecular complexity index is 554. The molecule has 0 amide bonds. The fourth-order valence-corrected chi connectivity index (χ4v) is 1.57. The summed E-state index contributed by atoms with van der Waals surface area (Å²) in [5.41, 5.74) is 7.86. The minimum atomic E-state index is 0.888. The molecule has 0 aliphatic carbocycles. The third-order valence-corrected chi connectivity index (χ3v) is 2.23. The molecule has 0 saturated heterocycles. The van der Waals surface area contributed by atoms with Crippen molar-refractivity contribution in [2.24, 2.45) is 9.98 Å². The highest BCUT2D eigenvalue weighted by atomic mass is 15.4. The van der Waals surface area contributed by atoms with Crippen LogP contribution in [0.1, 0.15) is 0 Å². The summed E-state index contributed by atoms with van der Waals surface area (Å²) in [5.74, 6) is 0. The van der Waals surface area contributed by atoms with Crippen LogP contribution in [0.5, 0.6) is 0 Å². The minimum absolute atomic E-state index is 0.888. The second kappa shape index (κ2) is 2.70. The van der Waals surface area contributed by atoms with Crippen LogP contribution in [0, 0.1) is 0 Å². The number of fused-ring (bicyclic) bond motifs is 2. The van der Waals surface area contributed by atoms with Crippen LogP contribution in [-0.2, 0) is 0 Å². The van der Waals surface area contributed by atoms with Crippen LogP contribution in [0.25, 0.3) is 5.70 Å². The van der Waals surface area contributed by atoms with Gasteiger partial charge >= 0.3 is 0 Å². The van der Waals surface area contributed by atoms with Crippen molar-refractivity contribution >= 4 is 12.0 Å². The van der Waals surface area contributed by atoms with Crippen LogP contribution in [0.4, 0.5) is 0 Å². The fraction of sp³-hybridized carbons (Fsp3) is 0. The van der Waals surface area contributed by atoms with E-state index in [1.165, 1.54) is 0 Å². The van der Waals surface area contributed by atoms with Crippen LogP contribution in [-0.4, -0.2) is 6.34 Å². The highest BCUT2D eigenvalue weighted by Crippen LogP contribution is 2.10. The highest BCUT2D eigenvalue weighted by Gasteiger charge is 2.11. The summed E-state index contributed by atoms with van der Waals surface area (Å²) in [7, 11) is 0. The molecule has 0 unspecified atom stereocenters. The standard InChI is InChI=1S/C10H8N4/c1-2-4-8-7(3-1)10-9(5-13-14-10)12-6-11-8/h1-6,13-14H. The number of hydrazine groups is 1. The molecule has 2 aliphatic rings. The molecule has 0 saturated carbocycles. The van der Waals surface area contributed by atoms with Gasteiger partial charge in [-0.2, -0.15) is 0 Å². The summed E-state index contributed by atoms with van der Waals surface area (Å²) in [6.07, 6.45) is 3.40. The van der Waals surface area contributed by atoms with E-state index < -0.39 is 0 Å². The molecule has 2 aliphatic heterocycles. The van der Waals surface area contributed by atoms with Crippen molar-refractivity contribution in [1.82, 2.24) is 10.9 Å². The molecule has 4 nitrogen and oxygen atoms in total. The number of para-hydroxylation sites is 1. The second-order valence-corrected chi connectivity index (χ2v) is 3.06. The summed E-state index contributed by atoms with van der Waals surface area (Å²) >= 11 is 0. The number of benzene rings is 1. The van der Waals surface area contributed by atoms with Gasteiger partial charge in [-0.05, 0) is 6.07 Å². The molecule has 0 aromatic heterocycles. The molecular weight excluding hydrogens is 176 g/mol. The van der Waals surface area contributed by atoms with Gasteiger partial charge < -0.3 is 5.43 Å². The zero-order valence-electron chi connectivity index (χ0n) is 7.36. The van der Waals surface area contributed by atoms with E-state index in [1.807, 2.05) is 30.5 Å². The average Bonchev–Trinajstić information content (AvgIpc) is 2.61. The van der Waals surface area contributed by atoms with E-state index >= 15 is 0 Å². The van der Waals surface area contributed by atoms with Gasteiger partial charge in [0.05, 0.1) is 11.1 Å². The van der Waals surface area contributed by atoms with Crippen molar-refractivity contribution in [2.75, 3.05) is 0 Å². The maximum absolute atomic E-state index is 4.25. The van der Waals surface area contributed by atoms with Gasteiger partial charge in [-0.1, -0.05) is 18.2 Å². The summed E-state index contributed by atoms with van der Waals surface area (Å²) in [5, 5.41) is 2.01. The smallest absolute Gasteiger partial charge is 0.116 e. The lowest BCUT2D eigenvalue weighted by atomic mass is 10.2. The lowest BCUT2D eigenvalue weighted by Gasteiger charge is -1.99. The molecule has 0 atom stereocenters. The van der Waals surface area contributed by atoms with Gasteiger partial charge in [0.1, 0.15) is 12.0 Å². The zero-order valence-corrected chi connectivity index (χ0v) is 7.36. The van der Waals surface area contributed by atoms with Crippen LogP contribution >= 0.6 is 0 Å². The quantitative estimate of drug-likeness (QED) is 0.566. The van der Waals surface area contributed by atoms with Crippen LogP contribution in [0.3, 0.4) is 0 Å². The van der Waals surface area contributed by atoms with Gasteiger partial charge in [0.2, 0.25) is 0 Å². The van der Waals surface area contributed by atoms with E-state index in [9.17, 15) is 0 Å². The third-order valence-electron chi connectivity index (χ3n) is 2.23. The number of nitrogens with zero attached hydrogens (tertiary/aromatic N) is 2. The topological polar surface area (TPSA) is 48.8 Å². The van der Waals surface area contributed by atoms with Gasteiger partial charge in [-0.15, -0.1) is 0 Å². The molecule has 1 aromatic rings. The normalized spacial score (nSPS) is 16.9. The molecule has 1 aromatic carbocycles. The molecule has 4 heteroatoms.